The summed E-state index contributed by atoms with van der Waals surface area (Å²) >= 11 is 0. The van der Waals surface area contributed by atoms with E-state index in [9.17, 15) is 13.2 Å². The van der Waals surface area contributed by atoms with Gasteiger partial charge in [0.05, 0.1) is 0 Å². The molecule has 1 atom stereocenters. The van der Waals surface area contributed by atoms with Gasteiger partial charge >= 0.3 is 6.18 Å². The molecular formula is C9H13F3. The van der Waals surface area contributed by atoms with Gasteiger partial charge in [-0.3, -0.25) is 0 Å². The van der Waals surface area contributed by atoms with Gasteiger partial charge in [0.1, 0.15) is 0 Å². The molecule has 0 aromatic rings. The third kappa shape index (κ3) is 2.02. The second-order valence-corrected chi connectivity index (χ2v) is 3.60. The standard InChI is InChI=1S/C9H13F3/c1-6-3-4-8(7(2)5-6)9(10,11)12/h6H,3-5H2,1-2H3. The van der Waals surface area contributed by atoms with E-state index in [1.807, 2.05) is 6.92 Å². The molecule has 0 radical (unpaired) electrons. The highest BCUT2D eigenvalue weighted by atomic mass is 19.4. The molecule has 0 aromatic carbocycles. The lowest BCUT2D eigenvalue weighted by Gasteiger charge is -2.24. The van der Waals surface area contributed by atoms with Gasteiger partial charge in [0, 0.05) is 5.57 Å². The Bertz CT molecular complexity index is 200. The van der Waals surface area contributed by atoms with E-state index in [1.165, 1.54) is 0 Å². The van der Waals surface area contributed by atoms with Crippen molar-refractivity contribution in [2.75, 3.05) is 0 Å². The molecule has 70 valence electrons. The zero-order valence-electron chi connectivity index (χ0n) is 7.33. The van der Waals surface area contributed by atoms with Crippen molar-refractivity contribution in [2.45, 2.75) is 39.3 Å². The summed E-state index contributed by atoms with van der Waals surface area (Å²) in [7, 11) is 0. The quantitative estimate of drug-likeness (QED) is 0.496. The monoisotopic (exact) mass is 178 g/mol. The summed E-state index contributed by atoms with van der Waals surface area (Å²) in [6, 6.07) is 0. The summed E-state index contributed by atoms with van der Waals surface area (Å²) in [5.41, 5.74) is 0.238. The zero-order chi connectivity index (χ0) is 9.35. The van der Waals surface area contributed by atoms with Gasteiger partial charge in [-0.2, -0.15) is 13.2 Å². The minimum absolute atomic E-state index is 0.205. The van der Waals surface area contributed by atoms with Gasteiger partial charge in [0.25, 0.3) is 0 Å². The summed E-state index contributed by atoms with van der Waals surface area (Å²) in [6.07, 6.45) is -2.61. The van der Waals surface area contributed by atoms with Crippen molar-refractivity contribution in [3.05, 3.63) is 11.1 Å². The first-order valence-corrected chi connectivity index (χ1v) is 4.17. The Morgan fingerprint density at radius 1 is 1.33 bits per heavy atom. The molecule has 1 rings (SSSR count). The molecule has 0 nitrogen and oxygen atoms in total. The van der Waals surface area contributed by atoms with Crippen molar-refractivity contribution in [1.82, 2.24) is 0 Å². The van der Waals surface area contributed by atoms with Crippen LogP contribution in [-0.2, 0) is 0 Å². The summed E-state index contributed by atoms with van der Waals surface area (Å²) < 4.78 is 36.8. The SMILES string of the molecule is CC1=C(C(F)(F)F)CCC(C)C1. The number of rotatable bonds is 0. The van der Waals surface area contributed by atoms with Gasteiger partial charge in [-0.05, 0) is 32.1 Å². The number of halogens is 3. The van der Waals surface area contributed by atoms with Crippen LogP contribution in [0.3, 0.4) is 0 Å². The molecule has 0 saturated carbocycles. The van der Waals surface area contributed by atoms with Gasteiger partial charge < -0.3 is 0 Å². The van der Waals surface area contributed by atoms with Crippen molar-refractivity contribution in [1.29, 1.82) is 0 Å². The molecule has 0 N–H and O–H groups in total. The van der Waals surface area contributed by atoms with Gasteiger partial charge in [-0.15, -0.1) is 0 Å². The molecule has 1 aliphatic carbocycles. The Balaban J connectivity index is 2.83. The van der Waals surface area contributed by atoms with E-state index in [2.05, 4.69) is 0 Å². The predicted molar refractivity (Wildman–Crippen MR) is 41.8 cm³/mol. The molecule has 1 unspecified atom stereocenters. The zero-order valence-corrected chi connectivity index (χ0v) is 7.33. The Morgan fingerprint density at radius 3 is 2.33 bits per heavy atom. The predicted octanol–water partition coefficient (Wildman–Crippen LogP) is 3.69. The van der Waals surface area contributed by atoms with Crippen LogP contribution in [-0.4, -0.2) is 6.18 Å². The van der Waals surface area contributed by atoms with Crippen LogP contribution in [0.5, 0.6) is 0 Å². The molecule has 12 heavy (non-hydrogen) atoms. The molecule has 0 fully saturated rings. The molecule has 0 saturated heterocycles. The van der Waals surface area contributed by atoms with Crippen LogP contribution in [0.2, 0.25) is 0 Å². The first kappa shape index (κ1) is 9.62. The molecule has 1 aliphatic rings. The van der Waals surface area contributed by atoms with Crippen LogP contribution in [0.25, 0.3) is 0 Å². The topological polar surface area (TPSA) is 0 Å². The average molecular weight is 178 g/mol. The van der Waals surface area contributed by atoms with Gasteiger partial charge in [0.15, 0.2) is 0 Å². The average Bonchev–Trinajstić information content (AvgIpc) is 1.83. The Kier molecular flexibility index (Phi) is 2.49. The molecule has 3 heteroatoms. The van der Waals surface area contributed by atoms with Gasteiger partial charge in [0.2, 0.25) is 0 Å². The number of allylic oxidation sites excluding steroid dienone is 2. The van der Waals surface area contributed by atoms with Crippen molar-refractivity contribution in [3.63, 3.8) is 0 Å². The van der Waals surface area contributed by atoms with Crippen LogP contribution in [0.4, 0.5) is 13.2 Å². The third-order valence-corrected chi connectivity index (χ3v) is 2.40. The Hall–Kier alpha value is -0.470. The second kappa shape index (κ2) is 3.11. The molecule has 0 amide bonds. The van der Waals surface area contributed by atoms with Crippen molar-refractivity contribution < 1.29 is 13.2 Å². The maximum Gasteiger partial charge on any atom is 0.412 e. The highest BCUT2D eigenvalue weighted by Crippen LogP contribution is 2.38. The lowest BCUT2D eigenvalue weighted by Crippen LogP contribution is -2.18. The number of hydrogen-bond acceptors (Lipinski definition) is 0. The second-order valence-electron chi connectivity index (χ2n) is 3.60. The van der Waals surface area contributed by atoms with E-state index in [0.29, 0.717) is 24.3 Å². The van der Waals surface area contributed by atoms with Crippen LogP contribution in [0, 0.1) is 5.92 Å². The first-order chi connectivity index (χ1) is 5.41. The molecule has 0 heterocycles. The lowest BCUT2D eigenvalue weighted by atomic mass is 9.85. The fraction of sp³-hybridized carbons (Fsp3) is 0.778. The normalized spacial score (nSPS) is 26.2. The number of alkyl halides is 3. The van der Waals surface area contributed by atoms with Crippen LogP contribution in [0.1, 0.15) is 33.1 Å². The molecule has 0 aromatic heterocycles. The van der Waals surface area contributed by atoms with Crippen molar-refractivity contribution >= 4 is 0 Å². The highest BCUT2D eigenvalue weighted by molar-refractivity contribution is 5.20. The van der Waals surface area contributed by atoms with Crippen molar-refractivity contribution in [2.24, 2.45) is 5.92 Å². The molecular weight excluding hydrogens is 165 g/mol. The summed E-state index contributed by atoms with van der Waals surface area (Å²) in [5.74, 6) is 0.413. The minimum Gasteiger partial charge on any atom is -0.166 e. The van der Waals surface area contributed by atoms with Crippen LogP contribution >= 0.6 is 0 Å². The van der Waals surface area contributed by atoms with Crippen molar-refractivity contribution in [3.8, 4) is 0 Å². The number of hydrogen-bond donors (Lipinski definition) is 0. The summed E-state index contributed by atoms with van der Waals surface area (Å²) in [5, 5.41) is 0. The van der Waals surface area contributed by atoms with E-state index < -0.39 is 6.18 Å². The highest BCUT2D eigenvalue weighted by Gasteiger charge is 2.36. The minimum atomic E-state index is -4.09. The smallest absolute Gasteiger partial charge is 0.166 e. The molecule has 0 bridgehead atoms. The fourth-order valence-corrected chi connectivity index (χ4v) is 1.74. The molecule has 0 spiro atoms. The van der Waals surface area contributed by atoms with E-state index in [-0.39, 0.29) is 12.0 Å². The maximum atomic E-state index is 12.3. The lowest BCUT2D eigenvalue weighted by molar-refractivity contribution is -0.0964. The van der Waals surface area contributed by atoms with E-state index >= 15 is 0 Å². The van der Waals surface area contributed by atoms with E-state index in [0.717, 1.165) is 0 Å². The Labute approximate surface area is 70.5 Å². The van der Waals surface area contributed by atoms with Crippen LogP contribution in [0.15, 0.2) is 11.1 Å². The molecule has 0 aliphatic heterocycles. The Morgan fingerprint density at radius 2 is 1.92 bits per heavy atom. The third-order valence-electron chi connectivity index (χ3n) is 2.40. The van der Waals surface area contributed by atoms with Gasteiger partial charge in [-0.25, -0.2) is 0 Å². The maximum absolute atomic E-state index is 12.3. The summed E-state index contributed by atoms with van der Waals surface area (Å²) in [6.45, 7) is 3.59. The summed E-state index contributed by atoms with van der Waals surface area (Å²) in [4.78, 5) is 0. The first-order valence-electron chi connectivity index (χ1n) is 4.17. The van der Waals surface area contributed by atoms with Crippen LogP contribution < -0.4 is 0 Å². The van der Waals surface area contributed by atoms with E-state index in [4.69, 9.17) is 0 Å². The fourth-order valence-electron chi connectivity index (χ4n) is 1.74. The van der Waals surface area contributed by atoms with Gasteiger partial charge in [-0.1, -0.05) is 12.5 Å². The van der Waals surface area contributed by atoms with E-state index in [1.54, 1.807) is 6.92 Å². The largest absolute Gasteiger partial charge is 0.412 e.